The lowest BCUT2D eigenvalue weighted by Gasteiger charge is -2.25. The molecule has 0 aliphatic heterocycles. The molecule has 6 heteroatoms. The third-order valence-corrected chi connectivity index (χ3v) is 3.13. The summed E-state index contributed by atoms with van der Waals surface area (Å²) in [5.74, 6) is -0.478. The maximum atomic E-state index is 12.3. The average molecular weight is 304 g/mol. The molecule has 0 aliphatic rings. The number of carbonyl (C=O) groups is 1. The van der Waals surface area contributed by atoms with Crippen molar-refractivity contribution < 1.29 is 18.0 Å². The van der Waals surface area contributed by atoms with Crippen molar-refractivity contribution in [1.29, 1.82) is 0 Å². The third kappa shape index (κ3) is 6.35. The van der Waals surface area contributed by atoms with Gasteiger partial charge in [-0.15, -0.1) is 0 Å². The minimum Gasteiger partial charge on any atom is -0.333 e. The lowest BCUT2D eigenvalue weighted by Crippen LogP contribution is -2.43. The Morgan fingerprint density at radius 1 is 1.38 bits per heavy atom. The van der Waals surface area contributed by atoms with E-state index in [4.69, 9.17) is 0 Å². The number of unbranched alkanes of at least 4 members (excludes halogenated alkanes) is 1. The van der Waals surface area contributed by atoms with E-state index in [1.165, 1.54) is 0 Å². The van der Waals surface area contributed by atoms with Gasteiger partial charge in [0.2, 0.25) is 5.91 Å². The fraction of sp³-hybridized carbons (Fsp3) is 0.900. The second-order valence-electron chi connectivity index (χ2n) is 3.60. The van der Waals surface area contributed by atoms with Crippen LogP contribution in [0.3, 0.4) is 0 Å². The Morgan fingerprint density at radius 2 is 1.94 bits per heavy atom. The van der Waals surface area contributed by atoms with Crippen molar-refractivity contribution in [1.82, 2.24) is 4.90 Å². The molecule has 1 amide bonds. The van der Waals surface area contributed by atoms with Crippen molar-refractivity contribution in [2.45, 2.75) is 44.1 Å². The molecule has 0 rings (SSSR count). The second-order valence-corrected chi connectivity index (χ2v) is 4.71. The lowest BCUT2D eigenvalue weighted by molar-refractivity contribution is -0.160. The summed E-state index contributed by atoms with van der Waals surface area (Å²) >= 11 is 3.08. The number of hydrogen-bond donors (Lipinski definition) is 0. The zero-order valence-electron chi connectivity index (χ0n) is 9.48. The standard InChI is InChI=1S/C10H17BrF3NO/c1-3-5-6-15(7-10(12,13)14)9(16)8(11)4-2/h8H,3-7H2,1-2H3. The first-order valence-corrected chi connectivity index (χ1v) is 6.23. The van der Waals surface area contributed by atoms with E-state index < -0.39 is 23.5 Å². The molecule has 0 spiro atoms. The molecule has 1 atom stereocenters. The van der Waals surface area contributed by atoms with Crippen LogP contribution in [0.15, 0.2) is 0 Å². The van der Waals surface area contributed by atoms with Crippen LogP contribution in [-0.2, 0) is 4.79 Å². The molecule has 0 saturated heterocycles. The Labute approximate surface area is 102 Å². The number of nitrogens with zero attached hydrogens (tertiary/aromatic N) is 1. The van der Waals surface area contributed by atoms with E-state index in [1.54, 1.807) is 6.92 Å². The highest BCUT2D eigenvalue weighted by molar-refractivity contribution is 9.10. The van der Waals surface area contributed by atoms with E-state index in [9.17, 15) is 18.0 Å². The van der Waals surface area contributed by atoms with Crippen LogP contribution in [0.5, 0.6) is 0 Å². The molecule has 0 bridgehead atoms. The molecule has 0 aliphatic carbocycles. The summed E-state index contributed by atoms with van der Waals surface area (Å²) in [5.41, 5.74) is 0. The van der Waals surface area contributed by atoms with Crippen LogP contribution in [0.25, 0.3) is 0 Å². The summed E-state index contributed by atoms with van der Waals surface area (Å²) in [6, 6.07) is 0. The van der Waals surface area contributed by atoms with Crippen LogP contribution in [0, 0.1) is 0 Å². The van der Waals surface area contributed by atoms with Gasteiger partial charge in [0.15, 0.2) is 0 Å². The van der Waals surface area contributed by atoms with Gasteiger partial charge >= 0.3 is 6.18 Å². The molecule has 0 fully saturated rings. The summed E-state index contributed by atoms with van der Waals surface area (Å²) in [6.07, 6.45) is -2.49. The Hall–Kier alpha value is -0.260. The molecule has 0 N–H and O–H groups in total. The van der Waals surface area contributed by atoms with E-state index in [0.29, 0.717) is 12.8 Å². The number of carbonyl (C=O) groups excluding carboxylic acids is 1. The lowest BCUT2D eigenvalue weighted by atomic mass is 10.2. The van der Waals surface area contributed by atoms with Gasteiger partial charge in [0.05, 0.1) is 4.83 Å². The summed E-state index contributed by atoms with van der Waals surface area (Å²) in [4.78, 5) is 12.0. The summed E-state index contributed by atoms with van der Waals surface area (Å²) in [7, 11) is 0. The first-order chi connectivity index (χ1) is 7.31. The smallest absolute Gasteiger partial charge is 0.333 e. The zero-order valence-corrected chi connectivity index (χ0v) is 11.1. The molecular weight excluding hydrogens is 287 g/mol. The SMILES string of the molecule is CCCCN(CC(F)(F)F)C(=O)C(Br)CC. The quantitative estimate of drug-likeness (QED) is 0.689. The number of amides is 1. The molecule has 0 aromatic heterocycles. The Balaban J connectivity index is 4.47. The Bertz CT molecular complexity index is 221. The van der Waals surface area contributed by atoms with E-state index in [1.807, 2.05) is 6.92 Å². The summed E-state index contributed by atoms with van der Waals surface area (Å²) in [5, 5.41) is 0. The van der Waals surface area contributed by atoms with E-state index in [-0.39, 0.29) is 6.54 Å². The Kier molecular flexibility index (Phi) is 7.03. The molecule has 0 aromatic rings. The fourth-order valence-electron chi connectivity index (χ4n) is 1.21. The van der Waals surface area contributed by atoms with Gasteiger partial charge in [0.25, 0.3) is 0 Å². The zero-order chi connectivity index (χ0) is 12.8. The monoisotopic (exact) mass is 303 g/mol. The summed E-state index contributed by atoms with van der Waals surface area (Å²) in [6.45, 7) is 2.63. The van der Waals surface area contributed by atoms with Crippen molar-refractivity contribution in [2.75, 3.05) is 13.1 Å². The summed E-state index contributed by atoms with van der Waals surface area (Å²) < 4.78 is 36.8. The van der Waals surface area contributed by atoms with Gasteiger partial charge in [0, 0.05) is 6.54 Å². The highest BCUT2D eigenvalue weighted by Gasteiger charge is 2.34. The van der Waals surface area contributed by atoms with Crippen LogP contribution >= 0.6 is 15.9 Å². The van der Waals surface area contributed by atoms with Crippen LogP contribution in [0.2, 0.25) is 0 Å². The average Bonchev–Trinajstić information content (AvgIpc) is 2.20. The topological polar surface area (TPSA) is 20.3 Å². The van der Waals surface area contributed by atoms with Crippen LogP contribution in [0.1, 0.15) is 33.1 Å². The molecule has 16 heavy (non-hydrogen) atoms. The largest absolute Gasteiger partial charge is 0.406 e. The molecule has 2 nitrogen and oxygen atoms in total. The van der Waals surface area contributed by atoms with Gasteiger partial charge in [-0.05, 0) is 12.8 Å². The minimum absolute atomic E-state index is 0.164. The second kappa shape index (κ2) is 7.14. The third-order valence-electron chi connectivity index (χ3n) is 2.09. The normalized spacial score (nSPS) is 13.6. The number of alkyl halides is 4. The van der Waals surface area contributed by atoms with Crippen molar-refractivity contribution in [3.63, 3.8) is 0 Å². The predicted molar refractivity (Wildman–Crippen MR) is 60.5 cm³/mol. The first-order valence-electron chi connectivity index (χ1n) is 5.31. The highest BCUT2D eigenvalue weighted by Crippen LogP contribution is 2.19. The molecule has 0 heterocycles. The van der Waals surface area contributed by atoms with Gasteiger partial charge in [-0.3, -0.25) is 4.79 Å². The fourth-order valence-corrected chi connectivity index (χ4v) is 1.49. The van der Waals surface area contributed by atoms with E-state index >= 15 is 0 Å². The molecular formula is C10H17BrF3NO. The van der Waals surface area contributed by atoms with Gasteiger partial charge in [-0.1, -0.05) is 36.2 Å². The van der Waals surface area contributed by atoms with Gasteiger partial charge in [-0.2, -0.15) is 13.2 Å². The van der Waals surface area contributed by atoms with Crippen molar-refractivity contribution >= 4 is 21.8 Å². The predicted octanol–water partition coefficient (Wildman–Crippen LogP) is 3.35. The van der Waals surface area contributed by atoms with Gasteiger partial charge in [-0.25, -0.2) is 0 Å². The van der Waals surface area contributed by atoms with E-state index in [0.717, 1.165) is 11.3 Å². The van der Waals surface area contributed by atoms with Crippen LogP contribution in [0.4, 0.5) is 13.2 Å². The van der Waals surface area contributed by atoms with Crippen LogP contribution < -0.4 is 0 Å². The van der Waals surface area contributed by atoms with Gasteiger partial charge in [0.1, 0.15) is 6.54 Å². The molecule has 1 unspecified atom stereocenters. The Morgan fingerprint density at radius 3 is 2.31 bits per heavy atom. The maximum absolute atomic E-state index is 12.3. The number of hydrogen-bond acceptors (Lipinski definition) is 1. The van der Waals surface area contributed by atoms with Crippen molar-refractivity contribution in [3.8, 4) is 0 Å². The maximum Gasteiger partial charge on any atom is 0.406 e. The van der Waals surface area contributed by atoms with Gasteiger partial charge < -0.3 is 4.90 Å². The molecule has 96 valence electrons. The highest BCUT2D eigenvalue weighted by atomic mass is 79.9. The van der Waals surface area contributed by atoms with Crippen molar-refractivity contribution in [3.05, 3.63) is 0 Å². The molecule has 0 saturated carbocycles. The molecule has 0 radical (unpaired) electrons. The number of rotatable bonds is 6. The van der Waals surface area contributed by atoms with E-state index in [2.05, 4.69) is 15.9 Å². The number of halogens is 4. The molecule has 0 aromatic carbocycles. The van der Waals surface area contributed by atoms with Crippen molar-refractivity contribution in [2.24, 2.45) is 0 Å². The first kappa shape index (κ1) is 15.7. The van der Waals surface area contributed by atoms with Crippen LogP contribution in [-0.4, -0.2) is 34.9 Å². The minimum atomic E-state index is -4.33.